The fraction of sp³-hybridized carbons (Fsp3) is 0.533. The second kappa shape index (κ2) is 13.4. The standard InChI is InChI=1S/C15H22ClF2N3O2.HI/c1-3-22-8-4-7-20-15(19-2)21-10-11-9-12(16)5-6-13(11)23-14(17)18;/h5-6,9,14H,3-4,7-8,10H2,1-2H3,(H2,19,20,21);1H. The van der Waals surface area contributed by atoms with Gasteiger partial charge in [-0.05, 0) is 31.5 Å². The summed E-state index contributed by atoms with van der Waals surface area (Å²) in [6, 6.07) is 4.50. The van der Waals surface area contributed by atoms with Gasteiger partial charge in [0.2, 0.25) is 0 Å². The lowest BCUT2D eigenvalue weighted by atomic mass is 10.2. The largest absolute Gasteiger partial charge is 0.434 e. The highest BCUT2D eigenvalue weighted by molar-refractivity contribution is 14.0. The van der Waals surface area contributed by atoms with E-state index in [0.717, 1.165) is 6.42 Å². The molecule has 0 aliphatic rings. The Morgan fingerprint density at radius 1 is 1.33 bits per heavy atom. The SMILES string of the molecule is CCOCCCNC(=NC)NCc1cc(Cl)ccc1OC(F)F.I. The highest BCUT2D eigenvalue weighted by atomic mass is 127. The van der Waals surface area contributed by atoms with Crippen molar-refractivity contribution in [1.82, 2.24) is 10.6 Å². The summed E-state index contributed by atoms with van der Waals surface area (Å²) < 4.78 is 34.5. The smallest absolute Gasteiger partial charge is 0.387 e. The van der Waals surface area contributed by atoms with Gasteiger partial charge in [0, 0.05) is 43.9 Å². The van der Waals surface area contributed by atoms with Crippen molar-refractivity contribution in [2.75, 3.05) is 26.8 Å². The number of nitrogens with one attached hydrogen (secondary N) is 2. The van der Waals surface area contributed by atoms with Gasteiger partial charge in [-0.3, -0.25) is 4.99 Å². The van der Waals surface area contributed by atoms with E-state index in [1.807, 2.05) is 6.92 Å². The zero-order valence-corrected chi connectivity index (χ0v) is 16.7. The van der Waals surface area contributed by atoms with E-state index < -0.39 is 6.61 Å². The quantitative estimate of drug-likeness (QED) is 0.247. The summed E-state index contributed by atoms with van der Waals surface area (Å²) in [5, 5.41) is 6.59. The molecule has 24 heavy (non-hydrogen) atoms. The molecule has 0 aromatic heterocycles. The third-order valence-electron chi connectivity index (χ3n) is 2.87. The summed E-state index contributed by atoms with van der Waals surface area (Å²) in [5.41, 5.74) is 0.523. The van der Waals surface area contributed by atoms with Crippen LogP contribution in [0.3, 0.4) is 0 Å². The van der Waals surface area contributed by atoms with E-state index in [4.69, 9.17) is 16.3 Å². The van der Waals surface area contributed by atoms with Gasteiger partial charge in [0.1, 0.15) is 5.75 Å². The first-order valence-corrected chi connectivity index (χ1v) is 7.70. The van der Waals surface area contributed by atoms with E-state index in [2.05, 4.69) is 20.4 Å². The molecule has 0 heterocycles. The molecule has 0 amide bonds. The zero-order chi connectivity index (χ0) is 17.1. The van der Waals surface area contributed by atoms with Gasteiger partial charge in [0.15, 0.2) is 5.96 Å². The molecule has 5 nitrogen and oxygen atoms in total. The van der Waals surface area contributed by atoms with Crippen LogP contribution in [0.1, 0.15) is 18.9 Å². The van der Waals surface area contributed by atoms with E-state index in [1.165, 1.54) is 12.1 Å². The predicted octanol–water partition coefficient (Wildman–Crippen LogP) is 3.65. The van der Waals surface area contributed by atoms with Crippen LogP contribution in [-0.2, 0) is 11.3 Å². The summed E-state index contributed by atoms with van der Waals surface area (Å²) >= 11 is 5.90. The van der Waals surface area contributed by atoms with Crippen LogP contribution in [0.2, 0.25) is 5.02 Å². The number of rotatable bonds is 9. The van der Waals surface area contributed by atoms with Crippen LogP contribution in [0.15, 0.2) is 23.2 Å². The molecule has 0 aliphatic carbocycles. The fourth-order valence-electron chi connectivity index (χ4n) is 1.82. The maximum Gasteiger partial charge on any atom is 0.387 e. The normalized spacial score (nSPS) is 11.2. The van der Waals surface area contributed by atoms with Gasteiger partial charge in [-0.2, -0.15) is 8.78 Å². The molecular weight excluding hydrogens is 455 g/mol. The molecule has 0 bridgehead atoms. The molecule has 1 rings (SSSR count). The lowest BCUT2D eigenvalue weighted by molar-refractivity contribution is -0.0504. The number of hydrogen-bond donors (Lipinski definition) is 2. The summed E-state index contributed by atoms with van der Waals surface area (Å²) in [6.45, 7) is 1.36. The molecule has 1 aromatic carbocycles. The van der Waals surface area contributed by atoms with Crippen LogP contribution in [0.4, 0.5) is 8.78 Å². The number of benzene rings is 1. The van der Waals surface area contributed by atoms with E-state index in [-0.39, 0.29) is 36.3 Å². The van der Waals surface area contributed by atoms with Crippen LogP contribution in [0.25, 0.3) is 0 Å². The lowest BCUT2D eigenvalue weighted by Gasteiger charge is -2.15. The van der Waals surface area contributed by atoms with Gasteiger partial charge in [0.25, 0.3) is 0 Å². The number of halogens is 4. The molecule has 2 N–H and O–H groups in total. The Morgan fingerprint density at radius 3 is 2.71 bits per heavy atom. The maximum absolute atomic E-state index is 12.4. The van der Waals surface area contributed by atoms with Crippen molar-refractivity contribution in [3.05, 3.63) is 28.8 Å². The molecule has 0 radical (unpaired) electrons. The van der Waals surface area contributed by atoms with Gasteiger partial charge in [-0.1, -0.05) is 11.6 Å². The average molecular weight is 478 g/mol. The lowest BCUT2D eigenvalue weighted by Crippen LogP contribution is -2.37. The molecule has 0 aliphatic heterocycles. The number of hydrogen-bond acceptors (Lipinski definition) is 3. The average Bonchev–Trinajstić information content (AvgIpc) is 2.52. The molecule has 138 valence electrons. The minimum absolute atomic E-state index is 0. The Balaban J connectivity index is 0.00000529. The first kappa shape index (κ1) is 23.1. The zero-order valence-electron chi connectivity index (χ0n) is 13.7. The summed E-state index contributed by atoms with van der Waals surface area (Å²) in [7, 11) is 1.63. The number of alkyl halides is 2. The molecule has 9 heteroatoms. The Labute approximate surface area is 163 Å². The Bertz CT molecular complexity index is 508. The Kier molecular flexibility index (Phi) is 12.9. The van der Waals surface area contributed by atoms with Crippen LogP contribution >= 0.6 is 35.6 Å². The van der Waals surface area contributed by atoms with E-state index in [1.54, 1.807) is 13.1 Å². The van der Waals surface area contributed by atoms with Crippen molar-refractivity contribution in [3.63, 3.8) is 0 Å². The predicted molar refractivity (Wildman–Crippen MR) is 103 cm³/mol. The second-order valence-electron chi connectivity index (χ2n) is 4.53. The van der Waals surface area contributed by atoms with Crippen molar-refractivity contribution >= 4 is 41.5 Å². The molecular formula is C15H23ClF2IN3O2. The third kappa shape index (κ3) is 9.43. The number of nitrogens with zero attached hydrogens (tertiary/aromatic N) is 1. The fourth-order valence-corrected chi connectivity index (χ4v) is 2.02. The van der Waals surface area contributed by atoms with Gasteiger partial charge >= 0.3 is 6.61 Å². The van der Waals surface area contributed by atoms with Crippen molar-refractivity contribution in [3.8, 4) is 5.75 Å². The molecule has 0 spiro atoms. The minimum atomic E-state index is -2.88. The van der Waals surface area contributed by atoms with Crippen LogP contribution in [0, 0.1) is 0 Å². The molecule has 0 unspecified atom stereocenters. The van der Waals surface area contributed by atoms with Crippen LogP contribution in [-0.4, -0.2) is 39.4 Å². The van der Waals surface area contributed by atoms with Gasteiger partial charge < -0.3 is 20.1 Å². The van der Waals surface area contributed by atoms with Gasteiger partial charge in [-0.25, -0.2) is 0 Å². The molecule has 0 saturated heterocycles. The first-order chi connectivity index (χ1) is 11.1. The van der Waals surface area contributed by atoms with Crippen LogP contribution in [0.5, 0.6) is 5.75 Å². The summed E-state index contributed by atoms with van der Waals surface area (Å²) in [4.78, 5) is 4.07. The third-order valence-corrected chi connectivity index (χ3v) is 3.11. The van der Waals surface area contributed by atoms with Gasteiger partial charge in [-0.15, -0.1) is 24.0 Å². The number of aliphatic imine (C=N–C) groups is 1. The highest BCUT2D eigenvalue weighted by Crippen LogP contribution is 2.24. The molecule has 0 saturated carbocycles. The topological polar surface area (TPSA) is 54.9 Å². The Morgan fingerprint density at radius 2 is 2.08 bits per heavy atom. The van der Waals surface area contributed by atoms with Crippen molar-refractivity contribution in [1.29, 1.82) is 0 Å². The van der Waals surface area contributed by atoms with E-state index >= 15 is 0 Å². The first-order valence-electron chi connectivity index (χ1n) is 7.32. The number of ether oxygens (including phenoxy) is 2. The molecule has 0 atom stereocenters. The van der Waals surface area contributed by atoms with Crippen molar-refractivity contribution < 1.29 is 18.3 Å². The second-order valence-corrected chi connectivity index (χ2v) is 4.97. The minimum Gasteiger partial charge on any atom is -0.434 e. The Hall–Kier alpha value is -0.870. The van der Waals surface area contributed by atoms with E-state index in [0.29, 0.717) is 36.3 Å². The number of guanidine groups is 1. The highest BCUT2D eigenvalue weighted by Gasteiger charge is 2.10. The molecule has 1 aromatic rings. The monoisotopic (exact) mass is 477 g/mol. The van der Waals surface area contributed by atoms with Crippen molar-refractivity contribution in [2.45, 2.75) is 26.5 Å². The van der Waals surface area contributed by atoms with Crippen molar-refractivity contribution in [2.24, 2.45) is 4.99 Å². The summed E-state index contributed by atoms with van der Waals surface area (Å²) in [6.07, 6.45) is 0.839. The molecule has 0 fully saturated rings. The maximum atomic E-state index is 12.4. The van der Waals surface area contributed by atoms with Gasteiger partial charge in [0.05, 0.1) is 0 Å². The van der Waals surface area contributed by atoms with Crippen LogP contribution < -0.4 is 15.4 Å². The van der Waals surface area contributed by atoms with E-state index in [9.17, 15) is 8.78 Å². The summed E-state index contributed by atoms with van der Waals surface area (Å²) in [5.74, 6) is 0.646.